The maximum absolute atomic E-state index is 12.7. The Morgan fingerprint density at radius 3 is 2.50 bits per heavy atom. The molecule has 0 radical (unpaired) electrons. The summed E-state index contributed by atoms with van der Waals surface area (Å²) in [5, 5.41) is 2.88. The van der Waals surface area contributed by atoms with Crippen LogP contribution >= 0.6 is 0 Å². The number of nitrogens with zero attached hydrogens (tertiary/aromatic N) is 2. The van der Waals surface area contributed by atoms with Crippen LogP contribution in [0.25, 0.3) is 0 Å². The third-order valence-corrected chi connectivity index (χ3v) is 4.77. The summed E-state index contributed by atoms with van der Waals surface area (Å²) >= 11 is 0. The Morgan fingerprint density at radius 1 is 1.10 bits per heavy atom. The van der Waals surface area contributed by atoms with Gasteiger partial charge in [0.25, 0.3) is 0 Å². The van der Waals surface area contributed by atoms with E-state index in [2.05, 4.69) is 10.3 Å². The molecule has 0 atom stereocenters. The molecule has 1 heterocycles. The summed E-state index contributed by atoms with van der Waals surface area (Å²) in [5.74, 6) is 0.601. The summed E-state index contributed by atoms with van der Waals surface area (Å²) < 4.78 is 5.38. The van der Waals surface area contributed by atoms with Crippen LogP contribution in [0.4, 0.5) is 11.4 Å². The van der Waals surface area contributed by atoms with Gasteiger partial charge in [-0.1, -0.05) is 30.3 Å². The highest BCUT2D eigenvalue weighted by atomic mass is 16.5. The molecule has 0 aliphatic carbocycles. The number of aromatic nitrogens is 1. The zero-order valence-corrected chi connectivity index (χ0v) is 17.4. The number of carbonyl (C=O) groups is 2. The van der Waals surface area contributed by atoms with Crippen molar-refractivity contribution in [2.45, 2.75) is 20.4 Å². The highest BCUT2D eigenvalue weighted by molar-refractivity contribution is 5.94. The van der Waals surface area contributed by atoms with Crippen molar-refractivity contribution in [3.05, 3.63) is 83.7 Å². The van der Waals surface area contributed by atoms with E-state index < -0.39 is 0 Å². The molecule has 1 aromatic heterocycles. The first-order valence-corrected chi connectivity index (χ1v) is 9.65. The minimum absolute atomic E-state index is 0.0258. The molecule has 30 heavy (non-hydrogen) atoms. The highest BCUT2D eigenvalue weighted by Gasteiger charge is 2.16. The number of ether oxygens (including phenoxy) is 1. The largest absolute Gasteiger partial charge is 0.497 e. The Labute approximate surface area is 176 Å². The van der Waals surface area contributed by atoms with Crippen LogP contribution in [0.3, 0.4) is 0 Å². The molecule has 3 rings (SSSR count). The van der Waals surface area contributed by atoms with Crippen LogP contribution < -0.4 is 15.0 Å². The van der Waals surface area contributed by atoms with E-state index in [1.807, 2.05) is 54.3 Å². The molecule has 6 nitrogen and oxygen atoms in total. The normalized spacial score (nSPS) is 10.4. The SMILES string of the molecule is COc1ccc(C)c(N(CC(=O)Nc2cccnc2)Cc2ccc(C(C)=O)cc2)c1. The number of rotatable bonds is 8. The minimum atomic E-state index is -0.148. The number of nitrogens with one attached hydrogen (secondary N) is 1. The van der Waals surface area contributed by atoms with Gasteiger partial charge < -0.3 is 15.0 Å². The fraction of sp³-hybridized carbons (Fsp3) is 0.208. The first-order chi connectivity index (χ1) is 14.5. The lowest BCUT2D eigenvalue weighted by Crippen LogP contribution is -2.33. The van der Waals surface area contributed by atoms with Crippen LogP contribution in [0.5, 0.6) is 5.75 Å². The lowest BCUT2D eigenvalue weighted by Gasteiger charge is -2.26. The van der Waals surface area contributed by atoms with Crippen molar-refractivity contribution in [2.24, 2.45) is 0 Å². The van der Waals surface area contributed by atoms with E-state index in [1.165, 1.54) is 0 Å². The summed E-state index contributed by atoms with van der Waals surface area (Å²) in [6, 6.07) is 16.8. The van der Waals surface area contributed by atoms with Crippen LogP contribution in [0.2, 0.25) is 0 Å². The number of pyridine rings is 1. The average Bonchev–Trinajstić information content (AvgIpc) is 2.74. The predicted octanol–water partition coefficient (Wildman–Crippen LogP) is 4.25. The molecular formula is C24H25N3O3. The van der Waals surface area contributed by atoms with Gasteiger partial charge in [0.15, 0.2) is 5.78 Å². The number of Topliss-reactive ketones (excluding diaryl/α,β-unsaturated/α-hetero) is 1. The number of hydrogen-bond acceptors (Lipinski definition) is 5. The van der Waals surface area contributed by atoms with Gasteiger partial charge in [0, 0.05) is 30.1 Å². The Hall–Kier alpha value is -3.67. The predicted molar refractivity (Wildman–Crippen MR) is 118 cm³/mol. The lowest BCUT2D eigenvalue weighted by molar-refractivity contribution is -0.115. The van der Waals surface area contributed by atoms with Crippen molar-refractivity contribution < 1.29 is 14.3 Å². The molecule has 0 unspecified atom stereocenters. The summed E-state index contributed by atoms with van der Waals surface area (Å²) in [4.78, 5) is 30.3. The van der Waals surface area contributed by atoms with Crippen molar-refractivity contribution in [1.82, 2.24) is 4.98 Å². The lowest BCUT2D eigenvalue weighted by atomic mass is 10.1. The number of ketones is 1. The topological polar surface area (TPSA) is 71.5 Å². The smallest absolute Gasteiger partial charge is 0.243 e. The molecule has 0 fully saturated rings. The Bertz CT molecular complexity index is 1020. The summed E-state index contributed by atoms with van der Waals surface area (Å²) in [6.07, 6.45) is 3.27. The van der Waals surface area contributed by atoms with Crippen LogP contribution in [0, 0.1) is 6.92 Å². The van der Waals surface area contributed by atoms with E-state index >= 15 is 0 Å². The first kappa shape index (κ1) is 21.0. The number of methoxy groups -OCH3 is 1. The highest BCUT2D eigenvalue weighted by Crippen LogP contribution is 2.27. The fourth-order valence-electron chi connectivity index (χ4n) is 3.16. The molecule has 2 aromatic carbocycles. The fourth-order valence-corrected chi connectivity index (χ4v) is 3.16. The zero-order chi connectivity index (χ0) is 21.5. The summed E-state index contributed by atoms with van der Waals surface area (Å²) in [7, 11) is 1.62. The van der Waals surface area contributed by atoms with Crippen molar-refractivity contribution in [3.63, 3.8) is 0 Å². The number of benzene rings is 2. The zero-order valence-electron chi connectivity index (χ0n) is 17.4. The second kappa shape index (κ2) is 9.69. The van der Waals surface area contributed by atoms with E-state index in [4.69, 9.17) is 4.74 Å². The van der Waals surface area contributed by atoms with Gasteiger partial charge in [-0.3, -0.25) is 14.6 Å². The standard InChI is InChI=1S/C24H25N3O3/c1-17-6-11-22(30-3)13-23(17)27(15-19-7-9-20(10-8-19)18(2)28)16-24(29)26-21-5-4-12-25-14-21/h4-14H,15-16H2,1-3H3,(H,26,29). The van der Waals surface area contributed by atoms with Gasteiger partial charge in [-0.05, 0) is 43.2 Å². The Morgan fingerprint density at radius 2 is 1.87 bits per heavy atom. The molecule has 0 saturated carbocycles. The number of anilines is 2. The molecule has 154 valence electrons. The summed E-state index contributed by atoms with van der Waals surface area (Å²) in [5.41, 5.74) is 4.25. The van der Waals surface area contributed by atoms with Crippen molar-refractivity contribution >= 4 is 23.1 Å². The van der Waals surface area contributed by atoms with E-state index in [1.54, 1.807) is 38.6 Å². The molecule has 0 aliphatic heterocycles. The maximum atomic E-state index is 12.7. The number of amides is 1. The quantitative estimate of drug-likeness (QED) is 0.570. The molecule has 0 aliphatic rings. The number of carbonyl (C=O) groups excluding carboxylic acids is 2. The molecule has 0 saturated heterocycles. The van der Waals surface area contributed by atoms with Crippen LogP contribution in [0.15, 0.2) is 67.0 Å². The second-order valence-corrected chi connectivity index (χ2v) is 7.05. The van der Waals surface area contributed by atoms with Crippen LogP contribution in [-0.2, 0) is 11.3 Å². The molecule has 3 aromatic rings. The van der Waals surface area contributed by atoms with Gasteiger partial charge in [0.1, 0.15) is 5.75 Å². The van der Waals surface area contributed by atoms with Crippen molar-refractivity contribution in [2.75, 3.05) is 23.9 Å². The molecule has 0 bridgehead atoms. The van der Waals surface area contributed by atoms with Gasteiger partial charge in [-0.15, -0.1) is 0 Å². The van der Waals surface area contributed by atoms with Gasteiger partial charge in [-0.25, -0.2) is 0 Å². The molecule has 6 heteroatoms. The van der Waals surface area contributed by atoms with Crippen molar-refractivity contribution in [1.29, 1.82) is 0 Å². The van der Waals surface area contributed by atoms with E-state index in [-0.39, 0.29) is 18.2 Å². The third-order valence-electron chi connectivity index (χ3n) is 4.77. The number of aryl methyl sites for hydroxylation is 1. The second-order valence-electron chi connectivity index (χ2n) is 7.05. The first-order valence-electron chi connectivity index (χ1n) is 9.65. The van der Waals surface area contributed by atoms with Crippen LogP contribution in [-0.4, -0.2) is 30.3 Å². The van der Waals surface area contributed by atoms with E-state index in [0.29, 0.717) is 17.8 Å². The molecule has 1 N–H and O–H groups in total. The van der Waals surface area contributed by atoms with Crippen LogP contribution in [0.1, 0.15) is 28.4 Å². The van der Waals surface area contributed by atoms with Gasteiger partial charge in [0.2, 0.25) is 5.91 Å². The van der Waals surface area contributed by atoms with E-state index in [9.17, 15) is 9.59 Å². The summed E-state index contributed by atoms with van der Waals surface area (Å²) in [6.45, 7) is 4.20. The Balaban J connectivity index is 1.86. The molecular weight excluding hydrogens is 378 g/mol. The molecule has 0 spiro atoms. The Kier molecular flexibility index (Phi) is 6.80. The van der Waals surface area contributed by atoms with E-state index in [0.717, 1.165) is 22.6 Å². The third kappa shape index (κ3) is 5.44. The van der Waals surface area contributed by atoms with Gasteiger partial charge >= 0.3 is 0 Å². The monoisotopic (exact) mass is 403 g/mol. The average molecular weight is 403 g/mol. The van der Waals surface area contributed by atoms with Gasteiger partial charge in [0.05, 0.1) is 25.5 Å². The number of hydrogen-bond donors (Lipinski definition) is 1. The minimum Gasteiger partial charge on any atom is -0.497 e. The maximum Gasteiger partial charge on any atom is 0.243 e. The van der Waals surface area contributed by atoms with Crippen molar-refractivity contribution in [3.8, 4) is 5.75 Å². The molecule has 1 amide bonds. The van der Waals surface area contributed by atoms with Gasteiger partial charge in [-0.2, -0.15) is 0 Å².